The summed E-state index contributed by atoms with van der Waals surface area (Å²) in [6, 6.07) is 3.83. The van der Waals surface area contributed by atoms with E-state index in [-0.39, 0.29) is 10.8 Å². The van der Waals surface area contributed by atoms with Crippen LogP contribution in [0.2, 0.25) is 0 Å². The van der Waals surface area contributed by atoms with Crippen LogP contribution in [0.15, 0.2) is 53.9 Å². The minimum absolute atomic E-state index is 0.0285. The van der Waals surface area contributed by atoms with Crippen molar-refractivity contribution in [2.24, 2.45) is 15.8 Å². The van der Waals surface area contributed by atoms with Gasteiger partial charge in [0, 0.05) is 30.0 Å². The van der Waals surface area contributed by atoms with E-state index in [1.54, 1.807) is 0 Å². The molecule has 1 aliphatic heterocycles. The molecule has 0 spiro atoms. The third-order valence-corrected chi connectivity index (χ3v) is 3.09. The SMILES string of the molecule is CC.CC.CC1(C)/C=C\N=CC(C)(COc2cc[nH+]cc2)/C=C\1. The molecule has 1 atom stereocenters. The second-order valence-corrected chi connectivity index (χ2v) is 5.78. The van der Waals surface area contributed by atoms with E-state index in [1.165, 1.54) is 0 Å². The van der Waals surface area contributed by atoms with E-state index in [0.29, 0.717) is 6.61 Å². The number of rotatable bonds is 3. The van der Waals surface area contributed by atoms with Gasteiger partial charge in [0.1, 0.15) is 12.4 Å². The van der Waals surface area contributed by atoms with Gasteiger partial charge in [-0.05, 0) is 6.92 Å². The van der Waals surface area contributed by atoms with Gasteiger partial charge in [-0.1, -0.05) is 59.8 Å². The van der Waals surface area contributed by atoms with Crippen molar-refractivity contribution >= 4 is 6.21 Å². The average Bonchev–Trinajstić information content (AvgIpc) is 2.59. The number of aromatic nitrogens is 1. The van der Waals surface area contributed by atoms with Crippen molar-refractivity contribution in [1.82, 2.24) is 0 Å². The summed E-state index contributed by atoms with van der Waals surface area (Å²) >= 11 is 0. The number of ether oxygens (including phenoxy) is 1. The molecule has 0 saturated carbocycles. The van der Waals surface area contributed by atoms with Gasteiger partial charge in [0.05, 0.1) is 5.41 Å². The summed E-state index contributed by atoms with van der Waals surface area (Å²) in [4.78, 5) is 7.33. The standard InChI is InChI=1S/C16H20N2O.2C2H6/c1-15(2)6-7-16(3,12-18-11-8-15)13-19-14-4-9-17-10-5-14;2*1-2/h4-12H,13H2,1-3H3;2*1-2H3/p+1/b7-6-,11-8-,18-12?;;. The second-order valence-electron chi connectivity index (χ2n) is 5.78. The van der Waals surface area contributed by atoms with Crippen molar-refractivity contribution in [1.29, 1.82) is 0 Å². The molecule has 1 N–H and O–H groups in total. The molecule has 0 radical (unpaired) electrons. The fourth-order valence-electron chi connectivity index (χ4n) is 1.74. The largest absolute Gasteiger partial charge is 0.492 e. The number of hydrogen-bond donors (Lipinski definition) is 0. The van der Waals surface area contributed by atoms with Crippen LogP contribution >= 0.6 is 0 Å². The van der Waals surface area contributed by atoms with Crippen LogP contribution < -0.4 is 9.72 Å². The minimum atomic E-state index is -0.193. The van der Waals surface area contributed by atoms with Gasteiger partial charge in [0.25, 0.3) is 0 Å². The van der Waals surface area contributed by atoms with Gasteiger partial charge in [-0.3, -0.25) is 4.99 Å². The highest BCUT2D eigenvalue weighted by molar-refractivity contribution is 5.69. The first-order valence-electron chi connectivity index (χ1n) is 8.51. The molecule has 0 fully saturated rings. The Morgan fingerprint density at radius 2 is 1.57 bits per heavy atom. The number of H-pyrrole nitrogens is 1. The maximum atomic E-state index is 5.83. The summed E-state index contributed by atoms with van der Waals surface area (Å²) in [7, 11) is 0. The molecule has 0 bridgehead atoms. The number of pyridine rings is 1. The van der Waals surface area contributed by atoms with Crippen LogP contribution in [0.5, 0.6) is 5.75 Å². The van der Waals surface area contributed by atoms with E-state index in [9.17, 15) is 0 Å². The minimum Gasteiger partial charge on any atom is -0.492 e. The zero-order valence-corrected chi connectivity index (χ0v) is 15.8. The Morgan fingerprint density at radius 3 is 2.17 bits per heavy atom. The summed E-state index contributed by atoms with van der Waals surface area (Å²) in [5.74, 6) is 0.860. The smallest absolute Gasteiger partial charge is 0.170 e. The third-order valence-electron chi connectivity index (χ3n) is 3.09. The lowest BCUT2D eigenvalue weighted by molar-refractivity contribution is -0.378. The number of allylic oxidation sites excluding steroid dienone is 2. The highest BCUT2D eigenvalue weighted by Gasteiger charge is 2.22. The summed E-state index contributed by atoms with van der Waals surface area (Å²) in [6.45, 7) is 15.0. The first-order valence-corrected chi connectivity index (χ1v) is 8.51. The zero-order chi connectivity index (χ0) is 17.8. The van der Waals surface area contributed by atoms with Crippen molar-refractivity contribution in [3.63, 3.8) is 0 Å². The number of nitrogens with one attached hydrogen (secondary N) is 1. The van der Waals surface area contributed by atoms with Crippen LogP contribution in [0.1, 0.15) is 48.5 Å². The third kappa shape index (κ3) is 8.34. The molecule has 1 aliphatic rings. The molecule has 1 aromatic rings. The summed E-state index contributed by atoms with van der Waals surface area (Å²) in [5, 5.41) is 0. The van der Waals surface area contributed by atoms with Gasteiger partial charge < -0.3 is 4.74 Å². The number of hydrogen-bond acceptors (Lipinski definition) is 2. The van der Waals surface area contributed by atoms with Gasteiger partial charge in [-0.15, -0.1) is 0 Å². The second kappa shape index (κ2) is 10.8. The Morgan fingerprint density at radius 1 is 0.957 bits per heavy atom. The molecule has 0 aliphatic carbocycles. The monoisotopic (exact) mass is 317 g/mol. The van der Waals surface area contributed by atoms with E-state index >= 15 is 0 Å². The van der Waals surface area contributed by atoms with Crippen LogP contribution in [0.25, 0.3) is 0 Å². The van der Waals surface area contributed by atoms with Gasteiger partial charge in [0.2, 0.25) is 0 Å². The molecule has 3 heteroatoms. The van der Waals surface area contributed by atoms with Crippen LogP contribution in [0.4, 0.5) is 0 Å². The maximum Gasteiger partial charge on any atom is 0.170 e. The fourth-order valence-corrected chi connectivity index (χ4v) is 1.74. The van der Waals surface area contributed by atoms with Gasteiger partial charge in [0.15, 0.2) is 12.4 Å². The van der Waals surface area contributed by atoms with Crippen molar-refractivity contribution in [2.75, 3.05) is 6.61 Å². The number of aromatic amines is 1. The molecule has 0 amide bonds. The molecule has 23 heavy (non-hydrogen) atoms. The summed E-state index contributed by atoms with van der Waals surface area (Å²) in [6.07, 6.45) is 14.0. The number of nitrogens with zero attached hydrogens (tertiary/aromatic N) is 1. The number of aliphatic imine (C=N–C) groups is 1. The molecule has 2 rings (SSSR count). The lowest BCUT2D eigenvalue weighted by Gasteiger charge is -2.25. The summed E-state index contributed by atoms with van der Waals surface area (Å²) < 4.78 is 5.83. The van der Waals surface area contributed by atoms with Gasteiger partial charge in [-0.25, -0.2) is 4.98 Å². The first kappa shape index (κ1) is 21.1. The predicted octanol–water partition coefficient (Wildman–Crippen LogP) is 5.12. The normalized spacial score (nSPS) is 23.8. The molecule has 3 nitrogen and oxygen atoms in total. The Bertz CT molecular complexity index is 504. The first-order chi connectivity index (χ1) is 11.0. The van der Waals surface area contributed by atoms with E-state index in [0.717, 1.165) is 5.75 Å². The lowest BCUT2D eigenvalue weighted by Crippen LogP contribution is -2.26. The Kier molecular flexibility index (Phi) is 9.87. The molecular formula is C20H33N2O+. The van der Waals surface area contributed by atoms with Crippen LogP contribution in [-0.2, 0) is 0 Å². The van der Waals surface area contributed by atoms with Gasteiger partial charge in [-0.2, -0.15) is 0 Å². The molecular weight excluding hydrogens is 284 g/mol. The molecule has 0 aromatic carbocycles. The molecule has 128 valence electrons. The van der Waals surface area contributed by atoms with Crippen molar-refractivity contribution < 1.29 is 9.72 Å². The zero-order valence-electron chi connectivity index (χ0n) is 15.8. The fraction of sp³-hybridized carbons (Fsp3) is 0.500. The van der Waals surface area contributed by atoms with Crippen LogP contribution in [0, 0.1) is 10.8 Å². The van der Waals surface area contributed by atoms with Gasteiger partial charge >= 0.3 is 0 Å². The Balaban J connectivity index is 0.00000112. The molecule has 0 saturated heterocycles. The van der Waals surface area contributed by atoms with Crippen LogP contribution in [-0.4, -0.2) is 12.8 Å². The molecule has 1 aromatic heterocycles. The van der Waals surface area contributed by atoms with E-state index in [1.807, 2.05) is 64.6 Å². The molecule has 2 heterocycles. The van der Waals surface area contributed by atoms with E-state index < -0.39 is 0 Å². The predicted molar refractivity (Wildman–Crippen MR) is 99.8 cm³/mol. The Hall–Kier alpha value is -1.90. The van der Waals surface area contributed by atoms with Crippen molar-refractivity contribution in [3.8, 4) is 5.75 Å². The highest BCUT2D eigenvalue weighted by atomic mass is 16.5. The van der Waals surface area contributed by atoms with Crippen molar-refractivity contribution in [2.45, 2.75) is 48.5 Å². The highest BCUT2D eigenvalue weighted by Crippen LogP contribution is 2.26. The van der Waals surface area contributed by atoms with Crippen molar-refractivity contribution in [3.05, 3.63) is 49.0 Å². The molecule has 1 unspecified atom stereocenters. The Labute approximate surface area is 142 Å². The van der Waals surface area contributed by atoms with E-state index in [2.05, 4.69) is 49.0 Å². The van der Waals surface area contributed by atoms with E-state index in [4.69, 9.17) is 4.74 Å². The average molecular weight is 317 g/mol. The quantitative estimate of drug-likeness (QED) is 0.713. The lowest BCUT2D eigenvalue weighted by atomic mass is 9.85. The van der Waals surface area contributed by atoms with Crippen LogP contribution in [0.3, 0.4) is 0 Å². The maximum absolute atomic E-state index is 5.83. The summed E-state index contributed by atoms with van der Waals surface area (Å²) in [5.41, 5.74) is -0.164. The topological polar surface area (TPSA) is 35.7 Å².